The van der Waals surface area contributed by atoms with Gasteiger partial charge < -0.3 is 101 Å². The summed E-state index contributed by atoms with van der Waals surface area (Å²) in [6.07, 6.45) is 6.81. The fourth-order valence-electron chi connectivity index (χ4n) is 11.9. The molecule has 0 unspecified atom stereocenters. The predicted octanol–water partition coefficient (Wildman–Crippen LogP) is -2.46. The number of nitrogens with one attached hydrogen (secondary N) is 13. The van der Waals surface area contributed by atoms with Crippen LogP contribution in [0.4, 0.5) is 0 Å². The van der Waals surface area contributed by atoms with Crippen molar-refractivity contribution in [3.63, 3.8) is 0 Å². The number of para-hydroxylation sites is 2. The van der Waals surface area contributed by atoms with Crippen molar-refractivity contribution >= 4 is 124 Å². The van der Waals surface area contributed by atoms with E-state index >= 15 is 14.4 Å². The van der Waals surface area contributed by atoms with Gasteiger partial charge in [-0.05, 0) is 100 Å². The molecular weight excluding hydrogens is 1380 g/mol. The lowest BCUT2D eigenvalue weighted by Gasteiger charge is -2.30. The minimum atomic E-state index is -1.72. The number of aromatic amines is 3. The van der Waals surface area contributed by atoms with Crippen LogP contribution in [0.25, 0.3) is 21.8 Å². The molecule has 0 spiro atoms. The molecule has 6 aromatic rings. The maximum atomic E-state index is 15.2. The van der Waals surface area contributed by atoms with E-state index in [1.807, 2.05) is 30.3 Å². The number of benzene rings is 3. The summed E-state index contributed by atoms with van der Waals surface area (Å²) in [5.41, 5.74) is 26.7. The van der Waals surface area contributed by atoms with Gasteiger partial charge in [0.15, 0.2) is 0 Å². The Morgan fingerprint density at radius 2 is 1.01 bits per heavy atom. The van der Waals surface area contributed by atoms with Crippen molar-refractivity contribution in [3.05, 3.63) is 126 Å². The lowest BCUT2D eigenvalue weighted by atomic mass is 10.0. The van der Waals surface area contributed by atoms with Crippen molar-refractivity contribution < 1.29 is 67.4 Å². The Bertz CT molecular complexity index is 3950. The van der Waals surface area contributed by atoms with E-state index in [4.69, 9.17) is 22.9 Å². The molecule has 0 aliphatic carbocycles. The number of H-pyrrole nitrogens is 3. The number of nitrogens with zero attached hydrogens (tertiary/aromatic N) is 2. The number of primary amides is 1. The van der Waals surface area contributed by atoms with Crippen LogP contribution < -0.4 is 76.1 Å². The first-order valence-corrected chi connectivity index (χ1v) is 35.5. The Balaban J connectivity index is 1.06. The zero-order chi connectivity index (χ0) is 75.4. The molecule has 1 saturated heterocycles. The lowest BCUT2D eigenvalue weighted by Crippen LogP contribution is -2.61. The highest BCUT2D eigenvalue weighted by molar-refractivity contribution is 7.80. The van der Waals surface area contributed by atoms with Crippen molar-refractivity contribution in [1.82, 2.24) is 78.0 Å². The van der Waals surface area contributed by atoms with E-state index in [0.717, 1.165) is 10.9 Å². The zero-order valence-electron chi connectivity index (χ0n) is 57.5. The molecule has 1 aliphatic rings. The van der Waals surface area contributed by atoms with Crippen molar-refractivity contribution in [2.24, 2.45) is 22.9 Å². The summed E-state index contributed by atoms with van der Waals surface area (Å²) >= 11 is 8.62. The number of hydrogen-bond donors (Lipinski definition) is 20. The third-order valence-corrected chi connectivity index (χ3v) is 18.2. The molecule has 0 saturated carbocycles. The number of likely N-dealkylation sites (tertiary alicyclic amines) is 1. The fraction of sp³-hybridized carbons (Fsp3) is 0.449. The summed E-state index contributed by atoms with van der Waals surface area (Å²) < 4.78 is 0. The van der Waals surface area contributed by atoms with E-state index in [2.05, 4.69) is 98.4 Å². The number of nitrogens with two attached hydrogens (primary N) is 4. The number of carbonyl (C=O) groups is 13. The van der Waals surface area contributed by atoms with Gasteiger partial charge in [0.2, 0.25) is 70.9 Å². The standard InChI is InChI=1S/C69H93N19O14S2/c1-38(72)59(91)82-49(26-39-14-3-2-4-15-39)62(94)86-55(36-104)66(98)83-50(27-40-31-75-45-18-7-5-16-43(40)45)63(95)80-47(20-9-11-23-70)60(92)84-52(28-41-32-76-46-19-8-6-17-44(41)46)68(100)88-25-13-22-56(88)67(99)77-34-58(90)79-51(30-57(73)89)64(96)87-54(35-103)65(97)81-48(21-10-12-24-71)61(93)85-53(69(101)102)29-42-33-74-37-78-42/h2-8,14-19,31-33,37-38,47-56,75-76,103-104H,9-13,20-30,34-36,70-72H2,1H3,(H2,73,89)(H,74,78)(H,77,99)(H,79,90)(H,80,95)(H,81,97)(H,82,91)(H,83,98)(H,84,92)(H,85,93)(H,86,94)(H,87,96)(H,101,102)/t38-,47-,48-,49-,50-,51-,52-,53-,54-,55-,56-/m0/s1. The molecule has 560 valence electrons. The Hall–Kier alpha value is -10.4. The van der Waals surface area contributed by atoms with Gasteiger partial charge in [0.05, 0.1) is 25.3 Å². The van der Waals surface area contributed by atoms with Gasteiger partial charge in [0.25, 0.3) is 0 Å². The second kappa shape index (κ2) is 40.5. The van der Waals surface area contributed by atoms with Gasteiger partial charge in [-0.2, -0.15) is 25.3 Å². The molecule has 7 rings (SSSR count). The quantitative estimate of drug-likeness (QED) is 0.0140. The topological polar surface area (TPSA) is 530 Å². The summed E-state index contributed by atoms with van der Waals surface area (Å²) in [6, 6.07) is 8.44. The molecule has 4 heterocycles. The van der Waals surface area contributed by atoms with Crippen LogP contribution in [0.3, 0.4) is 0 Å². The van der Waals surface area contributed by atoms with E-state index in [0.29, 0.717) is 65.4 Å². The van der Waals surface area contributed by atoms with Gasteiger partial charge in [-0.15, -0.1) is 0 Å². The van der Waals surface area contributed by atoms with Crippen LogP contribution in [0.2, 0.25) is 0 Å². The number of carbonyl (C=O) groups excluding carboxylic acids is 12. The first-order chi connectivity index (χ1) is 49.9. The number of hydrogen-bond acceptors (Lipinski definition) is 19. The van der Waals surface area contributed by atoms with Crippen LogP contribution in [-0.2, 0) is 88.0 Å². The average Bonchev–Trinajstić information content (AvgIpc) is 1.65. The van der Waals surface area contributed by atoms with Gasteiger partial charge in [-0.1, -0.05) is 66.7 Å². The monoisotopic (exact) mass is 1480 g/mol. The molecule has 12 amide bonds. The third kappa shape index (κ3) is 23.9. The van der Waals surface area contributed by atoms with Gasteiger partial charge in [0, 0.05) is 89.8 Å². The molecule has 11 atom stereocenters. The summed E-state index contributed by atoms with van der Waals surface area (Å²) in [6.45, 7) is 1.14. The Labute approximate surface area is 610 Å². The van der Waals surface area contributed by atoms with Crippen molar-refractivity contribution in [2.45, 2.75) is 157 Å². The molecule has 3 aromatic heterocycles. The largest absolute Gasteiger partial charge is 0.480 e. The smallest absolute Gasteiger partial charge is 0.326 e. The van der Waals surface area contributed by atoms with Gasteiger partial charge in [-0.25, -0.2) is 9.78 Å². The summed E-state index contributed by atoms with van der Waals surface area (Å²) in [7, 11) is 0. The number of aliphatic carboxylic acids is 1. The highest BCUT2D eigenvalue weighted by Gasteiger charge is 2.41. The van der Waals surface area contributed by atoms with Gasteiger partial charge in [-0.3, -0.25) is 57.5 Å². The van der Waals surface area contributed by atoms with Crippen molar-refractivity contribution in [2.75, 3.05) is 37.7 Å². The van der Waals surface area contributed by atoms with Gasteiger partial charge in [0.1, 0.15) is 60.4 Å². The summed E-state index contributed by atoms with van der Waals surface area (Å²) in [5, 5.41) is 37.3. The molecule has 1 fully saturated rings. The molecule has 0 radical (unpaired) electrons. The molecule has 0 bridgehead atoms. The molecule has 1 aliphatic heterocycles. The number of amides is 12. The van der Waals surface area contributed by atoms with Crippen LogP contribution >= 0.6 is 25.3 Å². The first-order valence-electron chi connectivity index (χ1n) is 34.2. The lowest BCUT2D eigenvalue weighted by molar-refractivity contribution is -0.142. The highest BCUT2D eigenvalue weighted by Crippen LogP contribution is 2.25. The molecule has 33 nitrogen and oxygen atoms in total. The van der Waals surface area contributed by atoms with E-state index in [1.54, 1.807) is 60.9 Å². The van der Waals surface area contributed by atoms with E-state index in [1.165, 1.54) is 24.3 Å². The molecule has 3 aromatic carbocycles. The number of carboxylic acid groups (broad SMARTS) is 1. The first kappa shape index (κ1) is 80.9. The van der Waals surface area contributed by atoms with Crippen LogP contribution in [0, 0.1) is 0 Å². The second-order valence-electron chi connectivity index (χ2n) is 25.3. The zero-order valence-corrected chi connectivity index (χ0v) is 59.2. The minimum absolute atomic E-state index is 0.00521. The second-order valence-corrected chi connectivity index (χ2v) is 26.1. The predicted molar refractivity (Wildman–Crippen MR) is 390 cm³/mol. The van der Waals surface area contributed by atoms with E-state index in [9.17, 15) is 53.1 Å². The Kier molecular flexibility index (Phi) is 31.5. The van der Waals surface area contributed by atoms with Crippen LogP contribution in [0.5, 0.6) is 0 Å². The highest BCUT2D eigenvalue weighted by atomic mass is 32.1. The number of rotatable bonds is 42. The van der Waals surface area contributed by atoms with Crippen LogP contribution in [0.15, 0.2) is 104 Å². The number of imidazole rings is 1. The molecule has 35 heteroatoms. The maximum Gasteiger partial charge on any atom is 0.326 e. The summed E-state index contributed by atoms with van der Waals surface area (Å²) in [5.74, 6) is -12.2. The van der Waals surface area contributed by atoms with E-state index < -0.39 is 156 Å². The number of fused-ring (bicyclic) bond motifs is 2. The number of thiol groups is 2. The van der Waals surface area contributed by atoms with E-state index in [-0.39, 0.29) is 76.1 Å². The third-order valence-electron chi connectivity index (χ3n) is 17.5. The molecular formula is C69H93N19O14S2. The fourth-order valence-corrected chi connectivity index (χ4v) is 12.4. The maximum absolute atomic E-state index is 15.2. The van der Waals surface area contributed by atoms with Gasteiger partial charge >= 0.3 is 5.97 Å². The SMILES string of the molecule is C[C@H](N)C(=O)N[C@@H](Cc1ccccc1)C(=O)N[C@@H](CS)C(=O)N[C@@H](Cc1c[nH]c2ccccc12)C(=O)N[C@@H](CCCCN)C(=O)N[C@@H](Cc1c[nH]c2ccccc12)C(=O)N1CCC[C@H]1C(=O)NCC(=O)N[C@@H](CC(N)=O)C(=O)N[C@@H](CS)C(=O)N[C@@H](CCCCN)C(=O)N[C@@H](Cc1cnc[nH]1)C(=O)O. The van der Waals surface area contributed by atoms with Crippen molar-refractivity contribution in [3.8, 4) is 0 Å². The summed E-state index contributed by atoms with van der Waals surface area (Å²) in [4.78, 5) is 194. The molecule has 104 heavy (non-hydrogen) atoms. The number of carboxylic acids is 1. The molecule has 22 N–H and O–H groups in total. The minimum Gasteiger partial charge on any atom is -0.480 e. The normalized spacial score (nSPS) is 15.6. The van der Waals surface area contributed by atoms with Crippen LogP contribution in [0.1, 0.15) is 87.1 Å². The number of unbranched alkanes of at least 4 members (excludes halogenated alkanes) is 2. The number of aromatic nitrogens is 4. The van der Waals surface area contributed by atoms with Crippen molar-refractivity contribution in [1.29, 1.82) is 0 Å². The average molecular weight is 1480 g/mol. The Morgan fingerprint density at radius 3 is 1.52 bits per heavy atom. The van der Waals surface area contributed by atoms with Crippen LogP contribution in [-0.4, -0.2) is 211 Å². The Morgan fingerprint density at radius 1 is 0.548 bits per heavy atom.